The second-order valence-corrected chi connectivity index (χ2v) is 7.70. The fourth-order valence-corrected chi connectivity index (χ4v) is 4.21. The molecule has 1 N–H and O–H groups in total. The standard InChI is InChI=1S/C15H10Cl2F3NO4S/c16-10-4-5-12(17)13(7-10)26(24,25)21(8-14(22)23)11-3-1-2-9(6-11)15(18,19)20/h1-7H,8H2,(H,22,23). The minimum absolute atomic E-state index is 0.00675. The molecule has 0 saturated carbocycles. The Kier molecular flexibility index (Phi) is 5.74. The highest BCUT2D eigenvalue weighted by Crippen LogP contribution is 2.34. The molecule has 26 heavy (non-hydrogen) atoms. The zero-order valence-electron chi connectivity index (χ0n) is 12.7. The Balaban J connectivity index is 2.65. The van der Waals surface area contributed by atoms with Gasteiger partial charge in [-0.2, -0.15) is 13.2 Å². The molecule has 0 atom stereocenters. The molecular formula is C15H10Cl2F3NO4S. The van der Waals surface area contributed by atoms with E-state index in [1.165, 1.54) is 12.1 Å². The lowest BCUT2D eigenvalue weighted by molar-refractivity contribution is -0.137. The number of alkyl halides is 3. The summed E-state index contributed by atoms with van der Waals surface area (Å²) < 4.78 is 64.7. The third-order valence-electron chi connectivity index (χ3n) is 3.20. The highest BCUT2D eigenvalue weighted by Gasteiger charge is 2.34. The predicted molar refractivity (Wildman–Crippen MR) is 90.1 cm³/mol. The van der Waals surface area contributed by atoms with Crippen LogP contribution in [0.5, 0.6) is 0 Å². The van der Waals surface area contributed by atoms with Crippen LogP contribution in [0.4, 0.5) is 18.9 Å². The number of sulfonamides is 1. The van der Waals surface area contributed by atoms with Crippen molar-refractivity contribution in [3.05, 3.63) is 58.1 Å². The molecule has 140 valence electrons. The van der Waals surface area contributed by atoms with E-state index < -0.39 is 44.9 Å². The maximum absolute atomic E-state index is 12.9. The number of carboxylic acids is 1. The zero-order chi connectivity index (χ0) is 19.7. The molecule has 0 aliphatic heterocycles. The van der Waals surface area contributed by atoms with Gasteiger partial charge in [0, 0.05) is 5.02 Å². The van der Waals surface area contributed by atoms with Gasteiger partial charge in [-0.25, -0.2) is 8.42 Å². The van der Waals surface area contributed by atoms with Crippen molar-refractivity contribution in [1.29, 1.82) is 0 Å². The highest BCUT2D eigenvalue weighted by molar-refractivity contribution is 7.93. The topological polar surface area (TPSA) is 74.7 Å². The number of rotatable bonds is 5. The van der Waals surface area contributed by atoms with Crippen molar-refractivity contribution in [2.75, 3.05) is 10.8 Å². The summed E-state index contributed by atoms with van der Waals surface area (Å²) in [6.45, 7) is -1.10. The van der Waals surface area contributed by atoms with E-state index >= 15 is 0 Å². The quantitative estimate of drug-likeness (QED) is 0.771. The normalized spacial score (nSPS) is 12.0. The van der Waals surface area contributed by atoms with E-state index in [9.17, 15) is 26.4 Å². The molecular weight excluding hydrogens is 418 g/mol. The molecule has 2 aromatic carbocycles. The van der Waals surface area contributed by atoms with Crippen LogP contribution in [0.25, 0.3) is 0 Å². The Morgan fingerprint density at radius 1 is 1.12 bits per heavy atom. The Bertz CT molecular complexity index is 948. The number of aliphatic carboxylic acids is 1. The van der Waals surface area contributed by atoms with Crippen LogP contribution < -0.4 is 4.31 Å². The van der Waals surface area contributed by atoms with Gasteiger partial charge < -0.3 is 5.11 Å². The summed E-state index contributed by atoms with van der Waals surface area (Å²) in [6.07, 6.45) is -4.73. The van der Waals surface area contributed by atoms with Gasteiger partial charge in [0.25, 0.3) is 10.0 Å². The predicted octanol–water partition coefficient (Wildman–Crippen LogP) is 4.29. The third kappa shape index (κ3) is 4.40. The molecule has 0 amide bonds. The van der Waals surface area contributed by atoms with E-state index in [0.717, 1.165) is 24.3 Å². The first-order chi connectivity index (χ1) is 11.9. The molecule has 0 bridgehead atoms. The van der Waals surface area contributed by atoms with Crippen LogP contribution in [0.1, 0.15) is 5.56 Å². The summed E-state index contributed by atoms with van der Waals surface area (Å²) in [5.74, 6) is -1.57. The van der Waals surface area contributed by atoms with Gasteiger partial charge in [-0.1, -0.05) is 29.3 Å². The summed E-state index contributed by atoms with van der Waals surface area (Å²) in [5, 5.41) is 8.77. The van der Waals surface area contributed by atoms with Crippen LogP contribution in [-0.2, 0) is 21.0 Å². The fourth-order valence-electron chi connectivity index (χ4n) is 2.07. The number of nitrogens with zero attached hydrogens (tertiary/aromatic N) is 1. The number of hydrogen-bond donors (Lipinski definition) is 1. The number of carboxylic acid groups (broad SMARTS) is 1. The van der Waals surface area contributed by atoms with Gasteiger partial charge in [0.2, 0.25) is 0 Å². The van der Waals surface area contributed by atoms with Crippen LogP contribution >= 0.6 is 23.2 Å². The van der Waals surface area contributed by atoms with Crippen LogP contribution in [-0.4, -0.2) is 26.0 Å². The van der Waals surface area contributed by atoms with Crippen LogP contribution in [0.2, 0.25) is 10.0 Å². The molecule has 5 nitrogen and oxygen atoms in total. The maximum atomic E-state index is 12.9. The fraction of sp³-hybridized carbons (Fsp3) is 0.133. The monoisotopic (exact) mass is 427 g/mol. The number of carbonyl (C=O) groups is 1. The second-order valence-electron chi connectivity index (χ2n) is 5.03. The molecule has 0 aromatic heterocycles. The van der Waals surface area contributed by atoms with E-state index in [4.69, 9.17) is 28.3 Å². The lowest BCUT2D eigenvalue weighted by atomic mass is 10.2. The Hall–Kier alpha value is -1.97. The van der Waals surface area contributed by atoms with Gasteiger partial charge in [-0.15, -0.1) is 0 Å². The molecule has 0 heterocycles. The molecule has 0 aliphatic rings. The van der Waals surface area contributed by atoms with Crippen molar-refractivity contribution < 1.29 is 31.5 Å². The summed E-state index contributed by atoms with van der Waals surface area (Å²) in [4.78, 5) is 10.6. The van der Waals surface area contributed by atoms with E-state index in [1.54, 1.807) is 0 Å². The Morgan fingerprint density at radius 3 is 2.35 bits per heavy atom. The Morgan fingerprint density at radius 2 is 1.77 bits per heavy atom. The average Bonchev–Trinajstić information content (AvgIpc) is 2.54. The molecule has 2 rings (SSSR count). The summed E-state index contributed by atoms with van der Waals surface area (Å²) in [5.41, 5.74) is -1.60. The second kappa shape index (κ2) is 7.34. The van der Waals surface area contributed by atoms with Gasteiger partial charge in [0.15, 0.2) is 0 Å². The van der Waals surface area contributed by atoms with E-state index in [0.29, 0.717) is 10.4 Å². The first-order valence-electron chi connectivity index (χ1n) is 6.80. The van der Waals surface area contributed by atoms with Crippen molar-refractivity contribution >= 4 is 44.9 Å². The van der Waals surface area contributed by atoms with Crippen LogP contribution in [0.3, 0.4) is 0 Å². The molecule has 0 radical (unpaired) electrons. The average molecular weight is 428 g/mol. The third-order valence-corrected chi connectivity index (χ3v) is 5.69. The zero-order valence-corrected chi connectivity index (χ0v) is 15.0. The molecule has 2 aromatic rings. The summed E-state index contributed by atoms with van der Waals surface area (Å²) in [7, 11) is -4.60. The largest absolute Gasteiger partial charge is 0.480 e. The first-order valence-corrected chi connectivity index (χ1v) is 8.99. The molecule has 11 heteroatoms. The SMILES string of the molecule is O=C(O)CN(c1cccc(C(F)(F)F)c1)S(=O)(=O)c1cc(Cl)ccc1Cl. The number of hydrogen-bond acceptors (Lipinski definition) is 3. The maximum Gasteiger partial charge on any atom is 0.416 e. The van der Waals surface area contributed by atoms with Gasteiger partial charge in [0.05, 0.1) is 16.3 Å². The smallest absolute Gasteiger partial charge is 0.416 e. The molecule has 0 fully saturated rings. The van der Waals surface area contributed by atoms with Crippen LogP contribution in [0, 0.1) is 0 Å². The van der Waals surface area contributed by atoms with Crippen molar-refractivity contribution in [2.24, 2.45) is 0 Å². The van der Waals surface area contributed by atoms with Crippen molar-refractivity contribution in [3.63, 3.8) is 0 Å². The Labute approximate surface area is 156 Å². The van der Waals surface area contributed by atoms with Crippen molar-refractivity contribution in [2.45, 2.75) is 11.1 Å². The van der Waals surface area contributed by atoms with Crippen molar-refractivity contribution in [3.8, 4) is 0 Å². The van der Waals surface area contributed by atoms with E-state index in [1.807, 2.05) is 0 Å². The molecule has 0 unspecified atom stereocenters. The van der Waals surface area contributed by atoms with Crippen molar-refractivity contribution in [1.82, 2.24) is 0 Å². The lowest BCUT2D eigenvalue weighted by Crippen LogP contribution is -2.36. The van der Waals surface area contributed by atoms with E-state index in [-0.39, 0.29) is 10.0 Å². The minimum atomic E-state index is -4.73. The first kappa shape index (κ1) is 20.3. The van der Waals surface area contributed by atoms with E-state index in [2.05, 4.69) is 0 Å². The van der Waals surface area contributed by atoms with Gasteiger partial charge in [-0.05, 0) is 36.4 Å². The minimum Gasteiger partial charge on any atom is -0.480 e. The lowest BCUT2D eigenvalue weighted by Gasteiger charge is -2.24. The van der Waals surface area contributed by atoms with Crippen LogP contribution in [0.15, 0.2) is 47.4 Å². The number of halogens is 5. The van der Waals surface area contributed by atoms with Gasteiger partial charge in [-0.3, -0.25) is 9.10 Å². The number of benzene rings is 2. The highest BCUT2D eigenvalue weighted by atomic mass is 35.5. The summed E-state index contributed by atoms with van der Waals surface area (Å²) >= 11 is 11.6. The summed E-state index contributed by atoms with van der Waals surface area (Å²) in [6, 6.07) is 6.79. The van der Waals surface area contributed by atoms with Gasteiger partial charge >= 0.3 is 12.1 Å². The number of anilines is 1. The van der Waals surface area contributed by atoms with Gasteiger partial charge in [0.1, 0.15) is 11.4 Å². The molecule has 0 spiro atoms. The molecule has 0 saturated heterocycles. The molecule has 0 aliphatic carbocycles.